The SMILES string of the molecule is CCCCc1[nH]nc2ccnc(-c3ccc(OC)c(OC)c3)c12. The Hall–Kier alpha value is -2.56. The molecule has 5 nitrogen and oxygen atoms in total. The molecule has 0 atom stereocenters. The molecule has 3 aromatic rings. The first kappa shape index (κ1) is 15.3. The van der Waals surface area contributed by atoms with Gasteiger partial charge in [-0.25, -0.2) is 0 Å². The Bertz CT molecular complexity index is 811. The van der Waals surface area contributed by atoms with E-state index in [9.17, 15) is 0 Å². The van der Waals surface area contributed by atoms with Crippen LogP contribution in [0.15, 0.2) is 30.5 Å². The summed E-state index contributed by atoms with van der Waals surface area (Å²) >= 11 is 0. The third-order valence-corrected chi connectivity index (χ3v) is 3.98. The van der Waals surface area contributed by atoms with E-state index in [1.807, 2.05) is 24.3 Å². The number of aryl methyl sites for hydroxylation is 1. The molecule has 1 N–H and O–H groups in total. The zero-order valence-electron chi connectivity index (χ0n) is 13.7. The molecule has 3 rings (SSSR count). The summed E-state index contributed by atoms with van der Waals surface area (Å²) in [6.45, 7) is 2.19. The molecular weight excluding hydrogens is 290 g/mol. The van der Waals surface area contributed by atoms with Crippen LogP contribution in [0.2, 0.25) is 0 Å². The molecule has 120 valence electrons. The third-order valence-electron chi connectivity index (χ3n) is 3.98. The highest BCUT2D eigenvalue weighted by atomic mass is 16.5. The molecule has 0 aliphatic carbocycles. The van der Waals surface area contributed by atoms with E-state index in [1.165, 1.54) is 0 Å². The van der Waals surface area contributed by atoms with Crippen molar-refractivity contribution in [3.63, 3.8) is 0 Å². The molecule has 0 fully saturated rings. The van der Waals surface area contributed by atoms with Crippen LogP contribution in [0.5, 0.6) is 11.5 Å². The van der Waals surface area contributed by atoms with Crippen LogP contribution in [-0.2, 0) is 6.42 Å². The number of pyridine rings is 1. The zero-order chi connectivity index (χ0) is 16.2. The van der Waals surface area contributed by atoms with Crippen molar-refractivity contribution in [1.82, 2.24) is 15.2 Å². The highest BCUT2D eigenvalue weighted by Gasteiger charge is 2.14. The van der Waals surface area contributed by atoms with E-state index in [1.54, 1.807) is 20.4 Å². The van der Waals surface area contributed by atoms with Gasteiger partial charge in [-0.1, -0.05) is 13.3 Å². The van der Waals surface area contributed by atoms with Crippen molar-refractivity contribution in [3.05, 3.63) is 36.2 Å². The first-order valence-electron chi connectivity index (χ1n) is 7.82. The van der Waals surface area contributed by atoms with Crippen LogP contribution in [0.25, 0.3) is 22.2 Å². The molecule has 0 saturated heterocycles. The van der Waals surface area contributed by atoms with Gasteiger partial charge in [0.2, 0.25) is 0 Å². The maximum absolute atomic E-state index is 5.41. The molecule has 0 saturated carbocycles. The molecule has 0 amide bonds. The number of ether oxygens (including phenoxy) is 2. The average molecular weight is 311 g/mol. The summed E-state index contributed by atoms with van der Waals surface area (Å²) in [5, 5.41) is 8.67. The lowest BCUT2D eigenvalue weighted by molar-refractivity contribution is 0.355. The van der Waals surface area contributed by atoms with Crippen molar-refractivity contribution in [2.75, 3.05) is 14.2 Å². The molecule has 0 radical (unpaired) electrons. The monoisotopic (exact) mass is 311 g/mol. The minimum absolute atomic E-state index is 0.697. The van der Waals surface area contributed by atoms with Gasteiger partial charge in [-0.05, 0) is 37.1 Å². The fourth-order valence-electron chi connectivity index (χ4n) is 2.76. The smallest absolute Gasteiger partial charge is 0.161 e. The van der Waals surface area contributed by atoms with Crippen molar-refractivity contribution in [2.24, 2.45) is 0 Å². The van der Waals surface area contributed by atoms with Crippen LogP contribution in [0.3, 0.4) is 0 Å². The number of methoxy groups -OCH3 is 2. The van der Waals surface area contributed by atoms with Crippen LogP contribution in [0.4, 0.5) is 0 Å². The highest BCUT2D eigenvalue weighted by Crippen LogP contribution is 2.35. The Morgan fingerprint density at radius 3 is 2.65 bits per heavy atom. The van der Waals surface area contributed by atoms with Gasteiger partial charge in [-0.2, -0.15) is 5.10 Å². The number of benzene rings is 1. The van der Waals surface area contributed by atoms with Gasteiger partial charge in [0.05, 0.1) is 25.4 Å². The van der Waals surface area contributed by atoms with Crippen LogP contribution in [-0.4, -0.2) is 29.4 Å². The lowest BCUT2D eigenvalue weighted by Crippen LogP contribution is -1.93. The summed E-state index contributed by atoms with van der Waals surface area (Å²) < 4.78 is 10.7. The largest absolute Gasteiger partial charge is 0.493 e. The molecule has 0 bridgehead atoms. The van der Waals surface area contributed by atoms with Crippen molar-refractivity contribution in [1.29, 1.82) is 0 Å². The minimum atomic E-state index is 0.697. The normalized spacial score (nSPS) is 10.9. The minimum Gasteiger partial charge on any atom is -0.493 e. The van der Waals surface area contributed by atoms with Gasteiger partial charge >= 0.3 is 0 Å². The third kappa shape index (κ3) is 2.86. The number of rotatable bonds is 6. The van der Waals surface area contributed by atoms with Gasteiger partial charge in [-0.3, -0.25) is 10.1 Å². The number of nitrogens with one attached hydrogen (secondary N) is 1. The maximum atomic E-state index is 5.41. The zero-order valence-corrected chi connectivity index (χ0v) is 13.7. The standard InChI is InChI=1S/C18H21N3O2/c1-4-5-6-13-17-14(21-20-13)9-10-19-18(17)12-7-8-15(22-2)16(11-12)23-3/h7-11H,4-6H2,1-3H3,(H,20,21). The summed E-state index contributed by atoms with van der Waals surface area (Å²) in [7, 11) is 3.27. The summed E-state index contributed by atoms with van der Waals surface area (Å²) in [4.78, 5) is 4.59. The van der Waals surface area contributed by atoms with Crippen molar-refractivity contribution >= 4 is 10.9 Å². The Labute approximate surface area is 135 Å². The number of H-pyrrole nitrogens is 1. The maximum Gasteiger partial charge on any atom is 0.161 e. The van der Waals surface area contributed by atoms with E-state index in [2.05, 4.69) is 22.1 Å². The predicted octanol–water partition coefficient (Wildman–Crippen LogP) is 3.98. The number of nitrogens with zero attached hydrogens (tertiary/aromatic N) is 2. The van der Waals surface area contributed by atoms with Gasteiger partial charge in [0.1, 0.15) is 0 Å². The molecular formula is C18H21N3O2. The summed E-state index contributed by atoms with van der Waals surface area (Å²) in [5.41, 5.74) is 3.99. The lowest BCUT2D eigenvalue weighted by atomic mass is 10.0. The van der Waals surface area contributed by atoms with Gasteiger partial charge < -0.3 is 9.47 Å². The molecule has 0 aliphatic heterocycles. The lowest BCUT2D eigenvalue weighted by Gasteiger charge is -2.10. The highest BCUT2D eigenvalue weighted by molar-refractivity contribution is 5.94. The van der Waals surface area contributed by atoms with Crippen molar-refractivity contribution < 1.29 is 9.47 Å². The number of hydrogen-bond donors (Lipinski definition) is 1. The van der Waals surface area contributed by atoms with Gasteiger partial charge in [0.15, 0.2) is 11.5 Å². The summed E-state index contributed by atoms with van der Waals surface area (Å²) in [6, 6.07) is 7.79. The first-order valence-corrected chi connectivity index (χ1v) is 7.82. The topological polar surface area (TPSA) is 60.0 Å². The number of aromatic nitrogens is 3. The molecule has 0 unspecified atom stereocenters. The van der Waals surface area contributed by atoms with E-state index in [0.717, 1.165) is 47.1 Å². The van der Waals surface area contributed by atoms with Crippen LogP contribution < -0.4 is 9.47 Å². The van der Waals surface area contributed by atoms with Crippen LogP contribution >= 0.6 is 0 Å². The molecule has 5 heteroatoms. The number of fused-ring (bicyclic) bond motifs is 1. The Kier molecular flexibility index (Phi) is 4.46. The molecule has 0 spiro atoms. The number of unbranched alkanes of at least 4 members (excludes halogenated alkanes) is 1. The van der Waals surface area contributed by atoms with E-state index in [4.69, 9.17) is 9.47 Å². The molecule has 23 heavy (non-hydrogen) atoms. The van der Waals surface area contributed by atoms with Crippen LogP contribution in [0.1, 0.15) is 25.5 Å². The average Bonchev–Trinajstić information content (AvgIpc) is 3.02. The fourth-order valence-corrected chi connectivity index (χ4v) is 2.76. The molecule has 2 heterocycles. The van der Waals surface area contributed by atoms with E-state index >= 15 is 0 Å². The molecule has 1 aromatic carbocycles. The quantitative estimate of drug-likeness (QED) is 0.748. The number of hydrogen-bond acceptors (Lipinski definition) is 4. The van der Waals surface area contributed by atoms with Gasteiger partial charge in [0, 0.05) is 22.8 Å². The fraction of sp³-hybridized carbons (Fsp3) is 0.333. The summed E-state index contributed by atoms with van der Waals surface area (Å²) in [6.07, 6.45) is 5.03. The predicted molar refractivity (Wildman–Crippen MR) is 91.0 cm³/mol. The Balaban J connectivity index is 2.14. The van der Waals surface area contributed by atoms with E-state index in [-0.39, 0.29) is 0 Å². The Morgan fingerprint density at radius 1 is 1.09 bits per heavy atom. The second-order valence-corrected chi connectivity index (χ2v) is 5.43. The Morgan fingerprint density at radius 2 is 1.91 bits per heavy atom. The molecule has 0 aliphatic rings. The van der Waals surface area contributed by atoms with E-state index < -0.39 is 0 Å². The van der Waals surface area contributed by atoms with Crippen molar-refractivity contribution in [3.8, 4) is 22.8 Å². The molecule has 2 aromatic heterocycles. The first-order chi connectivity index (χ1) is 11.3. The van der Waals surface area contributed by atoms with E-state index in [0.29, 0.717) is 11.5 Å². The summed E-state index contributed by atoms with van der Waals surface area (Å²) in [5.74, 6) is 1.41. The second kappa shape index (κ2) is 6.69. The van der Waals surface area contributed by atoms with Crippen LogP contribution in [0, 0.1) is 0 Å². The van der Waals surface area contributed by atoms with Gasteiger partial charge in [0.25, 0.3) is 0 Å². The number of aromatic amines is 1. The second-order valence-electron chi connectivity index (χ2n) is 5.43. The van der Waals surface area contributed by atoms with Crippen molar-refractivity contribution in [2.45, 2.75) is 26.2 Å². The van der Waals surface area contributed by atoms with Gasteiger partial charge in [-0.15, -0.1) is 0 Å².